The highest BCUT2D eigenvalue weighted by Gasteiger charge is 2.17. The van der Waals surface area contributed by atoms with Gasteiger partial charge in [0.1, 0.15) is 12.6 Å². The summed E-state index contributed by atoms with van der Waals surface area (Å²) < 4.78 is 12.5. The Morgan fingerprint density at radius 3 is 2.62 bits per heavy atom. The predicted molar refractivity (Wildman–Crippen MR) is 80.7 cm³/mol. The molecular formula is C14H21N3O3S. The van der Waals surface area contributed by atoms with Crippen molar-refractivity contribution in [3.8, 4) is 0 Å². The monoisotopic (exact) mass is 311 g/mol. The number of thiazole rings is 1. The highest BCUT2D eigenvalue weighted by Crippen LogP contribution is 2.16. The molecule has 0 radical (unpaired) electrons. The van der Waals surface area contributed by atoms with Gasteiger partial charge in [-0.3, -0.25) is 9.36 Å². The zero-order valence-electron chi connectivity index (χ0n) is 13.0. The lowest BCUT2D eigenvalue weighted by Crippen LogP contribution is -2.15. The summed E-state index contributed by atoms with van der Waals surface area (Å²) >= 11 is 1.23. The molecule has 2 aromatic heterocycles. The molecule has 2 aromatic rings. The van der Waals surface area contributed by atoms with Crippen LogP contribution in [-0.4, -0.2) is 21.3 Å². The normalized spacial score (nSPS) is 13.0. The van der Waals surface area contributed by atoms with Crippen LogP contribution in [0, 0.1) is 19.8 Å². The van der Waals surface area contributed by atoms with Gasteiger partial charge >= 0.3 is 4.87 Å². The second-order valence-electron chi connectivity index (χ2n) is 5.51. The standard InChI is InChI=1S/C14H21N3O3S/c1-8(2)7-19-10(4)13-15-12(20-16-13)6-17-9(3)11(5)21-14(17)18/h8,10H,6-7H2,1-5H3/t10-/m0/s1. The minimum Gasteiger partial charge on any atom is -0.370 e. The molecule has 1 atom stereocenters. The summed E-state index contributed by atoms with van der Waals surface area (Å²) in [5.41, 5.74) is 0.939. The maximum atomic E-state index is 11.9. The Morgan fingerprint density at radius 1 is 1.33 bits per heavy atom. The Morgan fingerprint density at radius 2 is 2.05 bits per heavy atom. The summed E-state index contributed by atoms with van der Waals surface area (Å²) in [5, 5.41) is 3.93. The molecule has 0 aliphatic heterocycles. The first-order valence-corrected chi connectivity index (χ1v) is 7.81. The molecular weight excluding hydrogens is 290 g/mol. The van der Waals surface area contributed by atoms with Crippen molar-refractivity contribution in [1.82, 2.24) is 14.7 Å². The minimum absolute atomic E-state index is 0.00569. The van der Waals surface area contributed by atoms with Gasteiger partial charge in [-0.15, -0.1) is 0 Å². The van der Waals surface area contributed by atoms with E-state index in [1.807, 2.05) is 20.8 Å². The van der Waals surface area contributed by atoms with E-state index < -0.39 is 0 Å². The molecule has 6 nitrogen and oxygen atoms in total. The van der Waals surface area contributed by atoms with E-state index in [2.05, 4.69) is 24.0 Å². The van der Waals surface area contributed by atoms with E-state index >= 15 is 0 Å². The number of aromatic nitrogens is 3. The van der Waals surface area contributed by atoms with Gasteiger partial charge in [0.15, 0.2) is 5.82 Å². The number of ether oxygens (including phenoxy) is 1. The molecule has 7 heteroatoms. The molecule has 0 aliphatic carbocycles. The van der Waals surface area contributed by atoms with Gasteiger partial charge in [0.2, 0.25) is 5.89 Å². The zero-order chi connectivity index (χ0) is 15.6. The Labute approximate surface area is 127 Å². The van der Waals surface area contributed by atoms with Crippen LogP contribution >= 0.6 is 11.3 Å². The van der Waals surface area contributed by atoms with Crippen molar-refractivity contribution in [2.75, 3.05) is 6.61 Å². The Bertz CT molecular complexity index is 657. The molecule has 2 rings (SSSR count). The smallest absolute Gasteiger partial charge is 0.308 e. The van der Waals surface area contributed by atoms with Crippen LogP contribution in [0.15, 0.2) is 9.32 Å². The maximum Gasteiger partial charge on any atom is 0.308 e. The van der Waals surface area contributed by atoms with Crippen molar-refractivity contribution in [2.24, 2.45) is 5.92 Å². The third kappa shape index (κ3) is 3.79. The van der Waals surface area contributed by atoms with Crippen molar-refractivity contribution in [1.29, 1.82) is 0 Å². The van der Waals surface area contributed by atoms with Crippen molar-refractivity contribution < 1.29 is 9.26 Å². The van der Waals surface area contributed by atoms with E-state index in [9.17, 15) is 4.79 Å². The van der Waals surface area contributed by atoms with Gasteiger partial charge in [-0.05, 0) is 26.7 Å². The number of nitrogens with zero attached hydrogens (tertiary/aromatic N) is 3. The van der Waals surface area contributed by atoms with E-state index in [0.29, 0.717) is 30.8 Å². The molecule has 0 spiro atoms. The molecule has 0 saturated heterocycles. The fourth-order valence-corrected chi connectivity index (χ4v) is 2.65. The fraction of sp³-hybridized carbons (Fsp3) is 0.643. The molecule has 0 N–H and O–H groups in total. The van der Waals surface area contributed by atoms with Crippen molar-refractivity contribution in [3.05, 3.63) is 32.0 Å². The van der Waals surface area contributed by atoms with Crippen molar-refractivity contribution in [3.63, 3.8) is 0 Å². The fourth-order valence-electron chi connectivity index (χ4n) is 1.81. The SMILES string of the molecule is Cc1sc(=O)n(Cc2nc([C@H](C)OCC(C)C)no2)c1C. The Hall–Kier alpha value is -1.47. The largest absolute Gasteiger partial charge is 0.370 e. The van der Waals surface area contributed by atoms with Crippen LogP contribution < -0.4 is 4.87 Å². The number of hydrogen-bond acceptors (Lipinski definition) is 6. The lowest BCUT2D eigenvalue weighted by molar-refractivity contribution is 0.0402. The molecule has 0 bridgehead atoms. The van der Waals surface area contributed by atoms with Gasteiger partial charge in [-0.1, -0.05) is 30.3 Å². The van der Waals surface area contributed by atoms with Crippen molar-refractivity contribution in [2.45, 2.75) is 47.3 Å². The van der Waals surface area contributed by atoms with Gasteiger partial charge in [-0.2, -0.15) is 4.98 Å². The number of aryl methyl sites for hydroxylation is 1. The van der Waals surface area contributed by atoms with Crippen LogP contribution in [0.3, 0.4) is 0 Å². The van der Waals surface area contributed by atoms with Crippen LogP contribution in [0.5, 0.6) is 0 Å². The quantitative estimate of drug-likeness (QED) is 0.820. The lowest BCUT2D eigenvalue weighted by atomic mass is 10.2. The molecule has 0 amide bonds. The summed E-state index contributed by atoms with van der Waals surface area (Å²) in [6, 6.07) is 0. The first-order valence-electron chi connectivity index (χ1n) is 6.99. The summed E-state index contributed by atoms with van der Waals surface area (Å²) in [5.74, 6) is 1.39. The Balaban J connectivity index is 2.08. The molecule has 0 aliphatic rings. The molecule has 2 heterocycles. The lowest BCUT2D eigenvalue weighted by Gasteiger charge is -2.10. The summed E-state index contributed by atoms with van der Waals surface area (Å²) in [4.78, 5) is 17.2. The van der Waals surface area contributed by atoms with Crippen LogP contribution in [0.4, 0.5) is 0 Å². The van der Waals surface area contributed by atoms with Gasteiger partial charge in [-0.25, -0.2) is 0 Å². The molecule has 0 fully saturated rings. The average Bonchev–Trinajstić information content (AvgIpc) is 2.97. The average molecular weight is 311 g/mol. The molecule has 21 heavy (non-hydrogen) atoms. The molecule has 116 valence electrons. The van der Waals surface area contributed by atoms with Crippen LogP contribution in [-0.2, 0) is 11.3 Å². The molecule has 0 saturated carbocycles. The number of hydrogen-bond donors (Lipinski definition) is 0. The molecule has 0 unspecified atom stereocenters. The summed E-state index contributed by atoms with van der Waals surface area (Å²) in [6.07, 6.45) is -0.216. The topological polar surface area (TPSA) is 70.2 Å². The molecule has 0 aromatic carbocycles. The van der Waals surface area contributed by atoms with Gasteiger partial charge in [0.05, 0.1) is 0 Å². The van der Waals surface area contributed by atoms with Crippen LogP contribution in [0.2, 0.25) is 0 Å². The minimum atomic E-state index is -0.216. The van der Waals surface area contributed by atoms with E-state index in [1.165, 1.54) is 11.3 Å². The van der Waals surface area contributed by atoms with Crippen LogP contribution in [0.25, 0.3) is 0 Å². The van der Waals surface area contributed by atoms with Crippen molar-refractivity contribution >= 4 is 11.3 Å². The van der Waals surface area contributed by atoms with Gasteiger partial charge < -0.3 is 9.26 Å². The second kappa shape index (κ2) is 6.53. The first kappa shape index (κ1) is 15.9. The second-order valence-corrected chi connectivity index (χ2v) is 6.68. The van der Waals surface area contributed by atoms with Gasteiger partial charge in [0, 0.05) is 17.2 Å². The van der Waals surface area contributed by atoms with Gasteiger partial charge in [0.25, 0.3) is 0 Å². The summed E-state index contributed by atoms with van der Waals surface area (Å²) in [6.45, 7) is 10.9. The van der Waals surface area contributed by atoms with E-state index in [-0.39, 0.29) is 11.0 Å². The first-order chi connectivity index (χ1) is 9.88. The third-order valence-electron chi connectivity index (χ3n) is 3.20. The van der Waals surface area contributed by atoms with E-state index in [4.69, 9.17) is 9.26 Å². The highest BCUT2D eigenvalue weighted by molar-refractivity contribution is 7.09. The highest BCUT2D eigenvalue weighted by atomic mass is 32.1. The third-order valence-corrected chi connectivity index (χ3v) is 4.19. The maximum absolute atomic E-state index is 11.9. The predicted octanol–water partition coefficient (Wildman–Crippen LogP) is 2.69. The van der Waals surface area contributed by atoms with E-state index in [0.717, 1.165) is 10.6 Å². The van der Waals surface area contributed by atoms with E-state index in [1.54, 1.807) is 4.57 Å². The Kier molecular flexibility index (Phi) is 4.95. The van der Waals surface area contributed by atoms with Crippen LogP contribution in [0.1, 0.15) is 49.2 Å². The summed E-state index contributed by atoms with van der Waals surface area (Å²) in [7, 11) is 0. The number of rotatable bonds is 6. The zero-order valence-corrected chi connectivity index (χ0v) is 13.9.